The van der Waals surface area contributed by atoms with Gasteiger partial charge < -0.3 is 14.4 Å². The van der Waals surface area contributed by atoms with Crippen molar-refractivity contribution in [2.24, 2.45) is 5.92 Å². The van der Waals surface area contributed by atoms with Crippen LogP contribution in [-0.2, 0) is 9.59 Å². The number of benzene rings is 1. The molecule has 32 heavy (non-hydrogen) atoms. The summed E-state index contributed by atoms with van der Waals surface area (Å²) in [5.41, 5.74) is 0.739. The fraction of sp³-hybridized carbons (Fsp3) is 0.522. The quantitative estimate of drug-likeness (QED) is 0.330. The molecule has 2 aliphatic rings. The second-order valence-electron chi connectivity index (χ2n) is 7.94. The lowest BCUT2D eigenvalue weighted by Gasteiger charge is -2.31. The Kier molecular flexibility index (Phi) is 8.87. The van der Waals surface area contributed by atoms with E-state index in [1.165, 1.54) is 0 Å². The molecule has 1 aromatic rings. The van der Waals surface area contributed by atoms with Gasteiger partial charge in [-0.05, 0) is 90.2 Å². The SMILES string of the molecule is CCCOc1c(I)cc(/C=C2\SC(=O)N(CC(=O)N3CCC(C)CC3)C2=O)cc1OCC. The smallest absolute Gasteiger partial charge is 0.294 e. The highest BCUT2D eigenvalue weighted by Gasteiger charge is 2.37. The zero-order chi connectivity index (χ0) is 23.3. The molecule has 2 saturated heterocycles. The highest BCUT2D eigenvalue weighted by atomic mass is 127. The lowest BCUT2D eigenvalue weighted by atomic mass is 9.99. The summed E-state index contributed by atoms with van der Waals surface area (Å²) < 4.78 is 12.4. The van der Waals surface area contributed by atoms with Crippen molar-refractivity contribution in [2.45, 2.75) is 40.0 Å². The molecule has 2 heterocycles. The van der Waals surface area contributed by atoms with Crippen molar-refractivity contribution in [3.8, 4) is 11.5 Å². The van der Waals surface area contributed by atoms with Crippen LogP contribution < -0.4 is 9.47 Å². The van der Waals surface area contributed by atoms with Crippen molar-refractivity contribution in [3.05, 3.63) is 26.2 Å². The van der Waals surface area contributed by atoms with Crippen molar-refractivity contribution in [1.82, 2.24) is 9.80 Å². The third-order valence-corrected chi connectivity index (χ3v) is 7.09. The third kappa shape index (κ3) is 5.98. The van der Waals surface area contributed by atoms with Crippen LogP contribution in [0.4, 0.5) is 4.79 Å². The fourth-order valence-electron chi connectivity index (χ4n) is 3.56. The van der Waals surface area contributed by atoms with Crippen LogP contribution in [0, 0.1) is 9.49 Å². The maximum atomic E-state index is 12.9. The normalized spacial score (nSPS) is 18.6. The van der Waals surface area contributed by atoms with E-state index in [9.17, 15) is 14.4 Å². The Bertz CT molecular complexity index is 912. The lowest BCUT2D eigenvalue weighted by molar-refractivity contribution is -0.136. The first-order valence-electron chi connectivity index (χ1n) is 11.0. The second-order valence-corrected chi connectivity index (χ2v) is 10.1. The van der Waals surface area contributed by atoms with Crippen molar-refractivity contribution >= 4 is 57.5 Å². The van der Waals surface area contributed by atoms with Gasteiger partial charge in [0.15, 0.2) is 11.5 Å². The highest BCUT2D eigenvalue weighted by molar-refractivity contribution is 14.1. The number of ether oxygens (including phenoxy) is 2. The van der Waals surface area contributed by atoms with E-state index in [2.05, 4.69) is 29.5 Å². The van der Waals surface area contributed by atoms with Crippen molar-refractivity contribution in [1.29, 1.82) is 0 Å². The number of rotatable bonds is 8. The second kappa shape index (κ2) is 11.4. The van der Waals surface area contributed by atoms with Gasteiger partial charge in [-0.1, -0.05) is 13.8 Å². The number of likely N-dealkylation sites (tertiary alicyclic amines) is 1. The first kappa shape index (κ1) is 24.9. The largest absolute Gasteiger partial charge is 0.490 e. The molecule has 0 bridgehead atoms. The van der Waals surface area contributed by atoms with Crippen molar-refractivity contribution in [2.75, 3.05) is 32.8 Å². The van der Waals surface area contributed by atoms with Gasteiger partial charge >= 0.3 is 0 Å². The van der Waals surface area contributed by atoms with E-state index in [0.717, 1.165) is 45.1 Å². The van der Waals surface area contributed by atoms with E-state index in [1.807, 2.05) is 26.0 Å². The number of amides is 3. The van der Waals surface area contributed by atoms with Crippen LogP contribution in [0.5, 0.6) is 11.5 Å². The minimum absolute atomic E-state index is 0.175. The summed E-state index contributed by atoms with van der Waals surface area (Å²) in [4.78, 5) is 41.1. The molecular weight excluding hydrogens is 543 g/mol. The molecule has 7 nitrogen and oxygen atoms in total. The van der Waals surface area contributed by atoms with E-state index in [0.29, 0.717) is 48.6 Å². The summed E-state index contributed by atoms with van der Waals surface area (Å²) in [6.45, 7) is 8.32. The van der Waals surface area contributed by atoms with Gasteiger partial charge in [0.2, 0.25) is 5.91 Å². The molecule has 174 valence electrons. The van der Waals surface area contributed by atoms with Gasteiger partial charge in [-0.25, -0.2) is 0 Å². The maximum Gasteiger partial charge on any atom is 0.294 e. The summed E-state index contributed by atoms with van der Waals surface area (Å²) in [7, 11) is 0. The van der Waals surface area contributed by atoms with Gasteiger partial charge in [0, 0.05) is 13.1 Å². The number of carbonyl (C=O) groups is 3. The van der Waals surface area contributed by atoms with E-state index >= 15 is 0 Å². The van der Waals surface area contributed by atoms with Crippen LogP contribution in [0.1, 0.15) is 45.6 Å². The number of thioether (sulfide) groups is 1. The molecule has 0 atom stereocenters. The Balaban J connectivity index is 1.75. The molecule has 2 fully saturated rings. The zero-order valence-electron chi connectivity index (χ0n) is 18.7. The van der Waals surface area contributed by atoms with Crippen molar-refractivity contribution < 1.29 is 23.9 Å². The van der Waals surface area contributed by atoms with E-state index in [1.54, 1.807) is 11.0 Å². The molecular formula is C23H29IN2O5S. The lowest BCUT2D eigenvalue weighted by Crippen LogP contribution is -2.45. The van der Waals surface area contributed by atoms with Crippen LogP contribution in [-0.4, -0.2) is 59.7 Å². The van der Waals surface area contributed by atoms with Gasteiger partial charge in [0.25, 0.3) is 11.1 Å². The first-order valence-corrected chi connectivity index (χ1v) is 12.9. The van der Waals surface area contributed by atoms with Gasteiger partial charge in [0.1, 0.15) is 6.54 Å². The molecule has 0 N–H and O–H groups in total. The molecule has 0 saturated carbocycles. The van der Waals surface area contributed by atoms with E-state index in [-0.39, 0.29) is 12.5 Å². The summed E-state index contributed by atoms with van der Waals surface area (Å²) in [6, 6.07) is 3.70. The number of hydrogen-bond donors (Lipinski definition) is 0. The number of imide groups is 1. The monoisotopic (exact) mass is 572 g/mol. The Hall–Kier alpha value is -1.75. The summed E-state index contributed by atoms with van der Waals surface area (Å²) in [6.07, 6.45) is 4.45. The van der Waals surface area contributed by atoms with Gasteiger partial charge in [-0.2, -0.15) is 0 Å². The first-order chi connectivity index (χ1) is 15.3. The molecule has 0 unspecified atom stereocenters. The van der Waals surface area contributed by atoms with E-state index in [4.69, 9.17) is 9.47 Å². The maximum absolute atomic E-state index is 12.9. The van der Waals surface area contributed by atoms with Crippen LogP contribution in [0.2, 0.25) is 0 Å². The molecule has 9 heteroatoms. The average Bonchev–Trinajstić information content (AvgIpc) is 3.01. The Labute approximate surface area is 207 Å². The van der Waals surface area contributed by atoms with Gasteiger partial charge in [0.05, 0.1) is 21.7 Å². The number of carbonyl (C=O) groups excluding carboxylic acids is 3. The highest BCUT2D eigenvalue weighted by Crippen LogP contribution is 2.37. The van der Waals surface area contributed by atoms with Gasteiger partial charge in [-0.3, -0.25) is 19.3 Å². The number of piperidine rings is 1. The van der Waals surface area contributed by atoms with E-state index < -0.39 is 11.1 Å². The molecule has 0 aliphatic carbocycles. The fourth-order valence-corrected chi connectivity index (χ4v) is 5.18. The molecule has 3 amide bonds. The molecule has 3 rings (SSSR count). The number of nitrogens with zero attached hydrogens (tertiary/aromatic N) is 2. The Morgan fingerprint density at radius 3 is 2.59 bits per heavy atom. The predicted octanol–water partition coefficient (Wildman–Crippen LogP) is 4.77. The minimum Gasteiger partial charge on any atom is -0.490 e. The molecule has 0 radical (unpaired) electrons. The topological polar surface area (TPSA) is 76.2 Å². The third-order valence-electron chi connectivity index (χ3n) is 5.38. The summed E-state index contributed by atoms with van der Waals surface area (Å²) >= 11 is 3.04. The Morgan fingerprint density at radius 2 is 1.94 bits per heavy atom. The molecule has 2 aliphatic heterocycles. The van der Waals surface area contributed by atoms with Crippen LogP contribution >= 0.6 is 34.4 Å². The molecule has 1 aromatic carbocycles. The molecule has 0 aromatic heterocycles. The van der Waals surface area contributed by atoms with Crippen LogP contribution in [0.15, 0.2) is 17.0 Å². The zero-order valence-corrected chi connectivity index (χ0v) is 21.7. The molecule has 0 spiro atoms. The summed E-state index contributed by atoms with van der Waals surface area (Å²) in [5, 5.41) is -0.414. The van der Waals surface area contributed by atoms with Crippen LogP contribution in [0.25, 0.3) is 6.08 Å². The number of halogens is 1. The average molecular weight is 572 g/mol. The standard InChI is InChI=1S/C23H29IN2O5S/c1-4-10-31-21-17(24)11-16(12-18(21)30-5-2)13-19-22(28)26(23(29)32-19)14-20(27)25-8-6-15(3)7-9-25/h11-13,15H,4-10,14H2,1-3H3/b19-13-. The predicted molar refractivity (Wildman–Crippen MR) is 134 cm³/mol. The summed E-state index contributed by atoms with van der Waals surface area (Å²) in [5.74, 6) is 1.28. The van der Waals surface area contributed by atoms with Gasteiger partial charge in [-0.15, -0.1) is 0 Å². The number of hydrogen-bond acceptors (Lipinski definition) is 6. The Morgan fingerprint density at radius 1 is 1.22 bits per heavy atom. The minimum atomic E-state index is -0.432. The van der Waals surface area contributed by atoms with Crippen molar-refractivity contribution in [3.63, 3.8) is 0 Å². The van der Waals surface area contributed by atoms with Crippen LogP contribution in [0.3, 0.4) is 0 Å².